The predicted octanol–water partition coefficient (Wildman–Crippen LogP) is 2.41. The largest absolute Gasteiger partial charge is 0.507 e. The van der Waals surface area contributed by atoms with Crippen molar-refractivity contribution in [3.8, 4) is 5.75 Å². The van der Waals surface area contributed by atoms with Crippen LogP contribution in [-0.4, -0.2) is 35.2 Å². The van der Waals surface area contributed by atoms with Gasteiger partial charge in [-0.05, 0) is 25.1 Å². The van der Waals surface area contributed by atoms with E-state index in [0.29, 0.717) is 13.0 Å². The number of hydrogen-bond donors (Lipinski definition) is 3. The predicted molar refractivity (Wildman–Crippen MR) is 70.9 cm³/mol. The van der Waals surface area contributed by atoms with Gasteiger partial charge in [0.15, 0.2) is 0 Å². The number of benzene rings is 1. The minimum atomic E-state index is -1.29. The fourth-order valence-electron chi connectivity index (χ4n) is 1.47. The minimum absolute atomic E-state index is 0.205. The van der Waals surface area contributed by atoms with Crippen LogP contribution in [0.25, 0.3) is 0 Å². The van der Waals surface area contributed by atoms with Crippen LogP contribution in [0.1, 0.15) is 30.6 Å². The van der Waals surface area contributed by atoms with Crippen LogP contribution in [0.3, 0.4) is 0 Å². The van der Waals surface area contributed by atoms with Crippen molar-refractivity contribution in [3.63, 3.8) is 0 Å². The van der Waals surface area contributed by atoms with Gasteiger partial charge in [-0.2, -0.15) is 0 Å². The summed E-state index contributed by atoms with van der Waals surface area (Å²) in [7, 11) is 0. The molecule has 0 saturated carbocycles. The summed E-state index contributed by atoms with van der Waals surface area (Å²) in [5.41, 5.74) is -0.101. The second kappa shape index (κ2) is 7.34. The lowest BCUT2D eigenvalue weighted by molar-refractivity contribution is -0.0971. The Kier molecular flexibility index (Phi) is 5.79. The summed E-state index contributed by atoms with van der Waals surface area (Å²) in [6.07, 6.45) is -0.916. The van der Waals surface area contributed by atoms with Crippen LogP contribution >= 0.6 is 0 Å². The molecule has 0 aliphatic heterocycles. The molecule has 0 heterocycles. The summed E-state index contributed by atoms with van der Waals surface area (Å²) < 4.78 is 10.2. The smallest absolute Gasteiger partial charge is 0.413 e. The number of anilines is 1. The van der Waals surface area contributed by atoms with E-state index in [1.165, 1.54) is 12.1 Å². The van der Waals surface area contributed by atoms with Crippen LogP contribution in [0.4, 0.5) is 10.5 Å². The number of phenols is 1. The van der Waals surface area contributed by atoms with Crippen molar-refractivity contribution in [2.75, 3.05) is 11.9 Å². The number of carbonyl (C=O) groups excluding carboxylic acids is 1. The lowest BCUT2D eigenvalue weighted by Crippen LogP contribution is -2.24. The number of amides is 1. The summed E-state index contributed by atoms with van der Waals surface area (Å²) in [5, 5.41) is 20.6. The first-order chi connectivity index (χ1) is 9.47. The second-order valence-corrected chi connectivity index (χ2v) is 3.86. The highest BCUT2D eigenvalue weighted by molar-refractivity contribution is 5.93. The maximum Gasteiger partial charge on any atom is 0.413 e. The van der Waals surface area contributed by atoms with Gasteiger partial charge in [0, 0.05) is 18.7 Å². The molecule has 1 aromatic carbocycles. The first kappa shape index (κ1) is 15.8. The summed E-state index contributed by atoms with van der Waals surface area (Å²) in [4.78, 5) is 22.4. The van der Waals surface area contributed by atoms with Gasteiger partial charge >= 0.3 is 12.1 Å². The number of nitrogens with one attached hydrogen (secondary N) is 1. The van der Waals surface area contributed by atoms with Gasteiger partial charge in [0.05, 0.1) is 0 Å². The maximum absolute atomic E-state index is 11.6. The Morgan fingerprint density at radius 3 is 2.60 bits per heavy atom. The molecular formula is C13H17NO6. The Balaban J connectivity index is 2.71. The third kappa shape index (κ3) is 4.43. The van der Waals surface area contributed by atoms with E-state index in [1.54, 1.807) is 13.8 Å². The van der Waals surface area contributed by atoms with Crippen molar-refractivity contribution in [2.45, 2.75) is 26.6 Å². The zero-order chi connectivity index (χ0) is 15.1. The number of carboxylic acid groups (broad SMARTS) is 1. The molecule has 110 valence electrons. The number of hydrogen-bond acceptors (Lipinski definition) is 5. The highest BCUT2D eigenvalue weighted by atomic mass is 16.7. The number of ether oxygens (including phenoxy) is 2. The van der Waals surface area contributed by atoms with E-state index in [0.717, 1.165) is 6.07 Å². The molecule has 0 aliphatic rings. The summed E-state index contributed by atoms with van der Waals surface area (Å²) in [6.45, 7) is 3.99. The van der Waals surface area contributed by atoms with Gasteiger partial charge in [-0.3, -0.25) is 5.32 Å². The zero-order valence-electron chi connectivity index (χ0n) is 11.3. The molecule has 1 atom stereocenters. The number of rotatable bonds is 6. The molecule has 0 saturated heterocycles. The Bertz CT molecular complexity index is 488. The molecule has 20 heavy (non-hydrogen) atoms. The molecule has 7 heteroatoms. The fraction of sp³-hybridized carbons (Fsp3) is 0.385. The highest BCUT2D eigenvalue weighted by Gasteiger charge is 2.14. The molecule has 7 nitrogen and oxygen atoms in total. The monoisotopic (exact) mass is 283 g/mol. The molecule has 0 radical (unpaired) electrons. The van der Waals surface area contributed by atoms with Crippen LogP contribution < -0.4 is 5.32 Å². The molecule has 0 fully saturated rings. The van der Waals surface area contributed by atoms with E-state index in [9.17, 15) is 14.7 Å². The van der Waals surface area contributed by atoms with Crippen LogP contribution in [0, 0.1) is 0 Å². The summed E-state index contributed by atoms with van der Waals surface area (Å²) >= 11 is 0. The minimum Gasteiger partial charge on any atom is -0.507 e. The molecule has 1 rings (SSSR count). The van der Waals surface area contributed by atoms with Gasteiger partial charge in [-0.15, -0.1) is 0 Å². The van der Waals surface area contributed by atoms with Crippen LogP contribution in [0.5, 0.6) is 5.75 Å². The van der Waals surface area contributed by atoms with Crippen LogP contribution in [0.2, 0.25) is 0 Å². The lowest BCUT2D eigenvalue weighted by atomic mass is 10.2. The van der Waals surface area contributed by atoms with Gasteiger partial charge in [0.2, 0.25) is 6.29 Å². The Morgan fingerprint density at radius 1 is 1.35 bits per heavy atom. The normalized spacial score (nSPS) is 11.7. The van der Waals surface area contributed by atoms with Crippen LogP contribution in [-0.2, 0) is 9.47 Å². The second-order valence-electron chi connectivity index (χ2n) is 3.86. The van der Waals surface area contributed by atoms with E-state index >= 15 is 0 Å². The van der Waals surface area contributed by atoms with Gasteiger partial charge in [0.1, 0.15) is 11.3 Å². The third-order valence-electron chi connectivity index (χ3n) is 2.40. The zero-order valence-corrected chi connectivity index (χ0v) is 11.3. The summed E-state index contributed by atoms with van der Waals surface area (Å²) in [5.74, 6) is -1.67. The van der Waals surface area contributed by atoms with E-state index in [-0.39, 0.29) is 17.0 Å². The first-order valence-electron chi connectivity index (χ1n) is 6.13. The van der Waals surface area contributed by atoms with Gasteiger partial charge < -0.3 is 19.7 Å². The summed E-state index contributed by atoms with van der Waals surface area (Å²) in [6, 6.07) is 3.68. The molecule has 1 amide bonds. The molecular weight excluding hydrogens is 266 g/mol. The third-order valence-corrected chi connectivity index (χ3v) is 2.40. The van der Waals surface area contributed by atoms with Crippen molar-refractivity contribution in [1.29, 1.82) is 0 Å². The van der Waals surface area contributed by atoms with E-state index in [1.807, 2.05) is 0 Å². The number of carbonyl (C=O) groups is 2. The number of aromatic hydroxyl groups is 1. The molecule has 0 aromatic heterocycles. The molecule has 1 aromatic rings. The average molecular weight is 283 g/mol. The Labute approximate surface area is 116 Å². The van der Waals surface area contributed by atoms with E-state index in [2.05, 4.69) is 5.32 Å². The van der Waals surface area contributed by atoms with Crippen LogP contribution in [0.15, 0.2) is 18.2 Å². The highest BCUT2D eigenvalue weighted by Crippen LogP contribution is 2.21. The lowest BCUT2D eigenvalue weighted by Gasteiger charge is -2.16. The number of carboxylic acids is 1. The topological polar surface area (TPSA) is 105 Å². The average Bonchev–Trinajstić information content (AvgIpc) is 2.40. The van der Waals surface area contributed by atoms with Crippen molar-refractivity contribution >= 4 is 17.7 Å². The molecule has 1 unspecified atom stereocenters. The molecule has 0 spiro atoms. The standard InChI is InChI=1S/C13H17NO6/c1-3-11(19-4-2)20-13(18)14-8-5-6-10(15)9(7-8)12(16)17/h5-7,11,15H,3-4H2,1-2H3,(H,14,18)(H,16,17). The SMILES string of the molecule is CCOC(CC)OC(=O)Nc1ccc(O)c(C(=O)O)c1. The van der Waals surface area contributed by atoms with Gasteiger partial charge in [0.25, 0.3) is 0 Å². The quantitative estimate of drug-likeness (QED) is 0.547. The molecule has 3 N–H and O–H groups in total. The van der Waals surface area contributed by atoms with E-state index < -0.39 is 18.4 Å². The van der Waals surface area contributed by atoms with E-state index in [4.69, 9.17) is 14.6 Å². The Hall–Kier alpha value is -2.28. The first-order valence-corrected chi connectivity index (χ1v) is 6.13. The van der Waals surface area contributed by atoms with Gasteiger partial charge in [-0.1, -0.05) is 6.92 Å². The molecule has 0 aliphatic carbocycles. The van der Waals surface area contributed by atoms with Crippen molar-refractivity contribution in [2.24, 2.45) is 0 Å². The Morgan fingerprint density at radius 2 is 2.05 bits per heavy atom. The van der Waals surface area contributed by atoms with Crippen molar-refractivity contribution in [1.82, 2.24) is 0 Å². The van der Waals surface area contributed by atoms with Crippen molar-refractivity contribution < 1.29 is 29.3 Å². The number of aromatic carboxylic acids is 1. The maximum atomic E-state index is 11.6. The fourth-order valence-corrected chi connectivity index (χ4v) is 1.47. The molecule has 0 bridgehead atoms. The van der Waals surface area contributed by atoms with Crippen molar-refractivity contribution in [3.05, 3.63) is 23.8 Å². The van der Waals surface area contributed by atoms with Gasteiger partial charge in [-0.25, -0.2) is 9.59 Å².